The SMILES string of the molecule is N#Cc1cccc(CNC(=O)c2cccc(C(=O)O)c2)c1. The highest BCUT2D eigenvalue weighted by molar-refractivity contribution is 5.97. The van der Waals surface area contributed by atoms with E-state index >= 15 is 0 Å². The lowest BCUT2D eigenvalue weighted by atomic mass is 10.1. The highest BCUT2D eigenvalue weighted by Crippen LogP contribution is 2.07. The van der Waals surface area contributed by atoms with Crippen LogP contribution in [0.5, 0.6) is 0 Å². The zero-order valence-corrected chi connectivity index (χ0v) is 11.0. The lowest BCUT2D eigenvalue weighted by Crippen LogP contribution is -2.23. The van der Waals surface area contributed by atoms with Crippen molar-refractivity contribution in [2.24, 2.45) is 0 Å². The Hall–Kier alpha value is -3.13. The van der Waals surface area contributed by atoms with E-state index < -0.39 is 5.97 Å². The molecule has 0 unspecified atom stereocenters. The van der Waals surface area contributed by atoms with Crippen LogP contribution in [0.1, 0.15) is 31.8 Å². The Morgan fingerprint density at radius 1 is 1.10 bits per heavy atom. The van der Waals surface area contributed by atoms with E-state index in [2.05, 4.69) is 5.32 Å². The first-order valence-electron chi connectivity index (χ1n) is 6.21. The molecule has 0 aromatic heterocycles. The summed E-state index contributed by atoms with van der Waals surface area (Å²) in [5, 5.41) is 20.4. The van der Waals surface area contributed by atoms with E-state index in [1.807, 2.05) is 6.07 Å². The minimum atomic E-state index is -1.08. The number of hydrogen-bond donors (Lipinski definition) is 2. The molecule has 21 heavy (non-hydrogen) atoms. The van der Waals surface area contributed by atoms with E-state index in [9.17, 15) is 9.59 Å². The summed E-state index contributed by atoms with van der Waals surface area (Å²) in [6.45, 7) is 0.269. The van der Waals surface area contributed by atoms with Crippen LogP contribution in [0.15, 0.2) is 48.5 Å². The molecule has 2 rings (SSSR count). The number of aromatic carboxylic acids is 1. The van der Waals surface area contributed by atoms with Crippen molar-refractivity contribution in [1.29, 1.82) is 5.26 Å². The Labute approximate surface area is 121 Å². The fourth-order valence-corrected chi connectivity index (χ4v) is 1.83. The standard InChI is InChI=1S/C16H12N2O3/c17-9-11-3-1-4-12(7-11)10-18-15(19)13-5-2-6-14(8-13)16(20)21/h1-8H,10H2,(H,18,19)(H,20,21). The van der Waals surface area contributed by atoms with Crippen LogP contribution in [-0.2, 0) is 6.54 Å². The Morgan fingerprint density at radius 2 is 1.81 bits per heavy atom. The van der Waals surface area contributed by atoms with Gasteiger partial charge in [0.25, 0.3) is 5.91 Å². The molecule has 0 spiro atoms. The average molecular weight is 280 g/mol. The Kier molecular flexibility index (Phi) is 4.32. The number of rotatable bonds is 4. The zero-order chi connectivity index (χ0) is 15.2. The zero-order valence-electron chi connectivity index (χ0n) is 11.0. The van der Waals surface area contributed by atoms with Crippen LogP contribution < -0.4 is 5.32 Å². The lowest BCUT2D eigenvalue weighted by molar-refractivity contribution is 0.0697. The average Bonchev–Trinajstić information content (AvgIpc) is 2.53. The second-order valence-corrected chi connectivity index (χ2v) is 4.38. The summed E-state index contributed by atoms with van der Waals surface area (Å²) >= 11 is 0. The molecule has 1 amide bonds. The highest BCUT2D eigenvalue weighted by Gasteiger charge is 2.09. The van der Waals surface area contributed by atoms with E-state index in [1.165, 1.54) is 18.2 Å². The second-order valence-electron chi connectivity index (χ2n) is 4.38. The van der Waals surface area contributed by atoms with Crippen molar-refractivity contribution >= 4 is 11.9 Å². The van der Waals surface area contributed by atoms with Crippen molar-refractivity contribution < 1.29 is 14.7 Å². The molecule has 0 bridgehead atoms. The fraction of sp³-hybridized carbons (Fsp3) is 0.0625. The minimum absolute atomic E-state index is 0.0640. The Morgan fingerprint density at radius 3 is 2.52 bits per heavy atom. The van der Waals surface area contributed by atoms with Crippen LogP contribution in [-0.4, -0.2) is 17.0 Å². The van der Waals surface area contributed by atoms with Gasteiger partial charge in [-0.3, -0.25) is 4.79 Å². The molecule has 0 aliphatic rings. The number of nitrogens with zero attached hydrogens (tertiary/aromatic N) is 1. The van der Waals surface area contributed by atoms with Crippen LogP contribution >= 0.6 is 0 Å². The molecular weight excluding hydrogens is 268 g/mol. The van der Waals surface area contributed by atoms with Crippen molar-refractivity contribution in [2.45, 2.75) is 6.54 Å². The van der Waals surface area contributed by atoms with E-state index in [0.29, 0.717) is 5.56 Å². The summed E-state index contributed by atoms with van der Waals surface area (Å²) in [7, 11) is 0. The summed E-state index contributed by atoms with van der Waals surface area (Å²) < 4.78 is 0. The predicted octanol–water partition coefficient (Wildman–Crippen LogP) is 2.19. The van der Waals surface area contributed by atoms with Gasteiger partial charge >= 0.3 is 5.97 Å². The van der Waals surface area contributed by atoms with E-state index in [1.54, 1.807) is 30.3 Å². The first kappa shape index (κ1) is 14.3. The number of amides is 1. The molecule has 0 atom stereocenters. The van der Waals surface area contributed by atoms with E-state index in [0.717, 1.165) is 5.56 Å². The van der Waals surface area contributed by atoms with Gasteiger partial charge < -0.3 is 10.4 Å². The van der Waals surface area contributed by atoms with Gasteiger partial charge in [0, 0.05) is 12.1 Å². The number of carbonyl (C=O) groups is 2. The van der Waals surface area contributed by atoms with Crippen LogP contribution in [0.2, 0.25) is 0 Å². The van der Waals surface area contributed by atoms with Gasteiger partial charge in [0.15, 0.2) is 0 Å². The molecule has 0 fully saturated rings. The molecule has 0 radical (unpaired) electrons. The Balaban J connectivity index is 2.06. The van der Waals surface area contributed by atoms with Gasteiger partial charge in [-0.05, 0) is 35.9 Å². The molecule has 2 aromatic rings. The third-order valence-corrected chi connectivity index (χ3v) is 2.88. The summed E-state index contributed by atoms with van der Waals surface area (Å²) in [5.74, 6) is -1.44. The fourth-order valence-electron chi connectivity index (χ4n) is 1.83. The number of carbonyl (C=O) groups excluding carboxylic acids is 1. The van der Waals surface area contributed by atoms with Gasteiger partial charge in [0.1, 0.15) is 0 Å². The molecule has 5 nitrogen and oxygen atoms in total. The molecule has 2 N–H and O–H groups in total. The van der Waals surface area contributed by atoms with Gasteiger partial charge in [-0.25, -0.2) is 4.79 Å². The quantitative estimate of drug-likeness (QED) is 0.898. The predicted molar refractivity (Wildman–Crippen MR) is 75.7 cm³/mol. The molecular formula is C16H12N2O3. The Bertz CT molecular complexity index is 732. The smallest absolute Gasteiger partial charge is 0.335 e. The highest BCUT2D eigenvalue weighted by atomic mass is 16.4. The van der Waals surface area contributed by atoms with Crippen molar-refractivity contribution in [2.75, 3.05) is 0 Å². The van der Waals surface area contributed by atoms with Crippen LogP contribution in [0.25, 0.3) is 0 Å². The molecule has 0 heterocycles. The topological polar surface area (TPSA) is 90.2 Å². The largest absolute Gasteiger partial charge is 0.478 e. The van der Waals surface area contributed by atoms with Crippen molar-refractivity contribution in [1.82, 2.24) is 5.32 Å². The minimum Gasteiger partial charge on any atom is -0.478 e. The third kappa shape index (κ3) is 3.67. The molecule has 0 aliphatic carbocycles. The molecule has 104 valence electrons. The van der Waals surface area contributed by atoms with Gasteiger partial charge in [0.2, 0.25) is 0 Å². The van der Waals surface area contributed by atoms with Crippen LogP contribution in [0.3, 0.4) is 0 Å². The van der Waals surface area contributed by atoms with Crippen molar-refractivity contribution in [3.63, 3.8) is 0 Å². The number of carboxylic acid groups (broad SMARTS) is 1. The number of carboxylic acids is 1. The summed E-state index contributed by atoms with van der Waals surface area (Å²) in [5.41, 5.74) is 1.67. The lowest BCUT2D eigenvalue weighted by Gasteiger charge is -2.06. The van der Waals surface area contributed by atoms with Gasteiger partial charge in [-0.15, -0.1) is 0 Å². The maximum Gasteiger partial charge on any atom is 0.335 e. The summed E-state index contributed by atoms with van der Waals surface area (Å²) in [4.78, 5) is 22.8. The van der Waals surface area contributed by atoms with E-state index in [4.69, 9.17) is 10.4 Å². The maximum absolute atomic E-state index is 12.0. The third-order valence-electron chi connectivity index (χ3n) is 2.88. The second kappa shape index (κ2) is 6.35. The maximum atomic E-state index is 12.0. The number of hydrogen-bond acceptors (Lipinski definition) is 3. The van der Waals surface area contributed by atoms with Gasteiger partial charge in [0.05, 0.1) is 17.2 Å². The normalized spacial score (nSPS) is 9.67. The van der Waals surface area contributed by atoms with Gasteiger partial charge in [-0.2, -0.15) is 5.26 Å². The van der Waals surface area contributed by atoms with Crippen LogP contribution in [0, 0.1) is 11.3 Å². The number of nitrogens with one attached hydrogen (secondary N) is 1. The van der Waals surface area contributed by atoms with Gasteiger partial charge in [-0.1, -0.05) is 18.2 Å². The number of nitriles is 1. The summed E-state index contributed by atoms with van der Waals surface area (Å²) in [6, 6.07) is 14.8. The first-order valence-corrected chi connectivity index (χ1v) is 6.21. The van der Waals surface area contributed by atoms with Crippen molar-refractivity contribution in [3.8, 4) is 6.07 Å². The van der Waals surface area contributed by atoms with Crippen LogP contribution in [0.4, 0.5) is 0 Å². The molecule has 0 aliphatic heterocycles. The first-order chi connectivity index (χ1) is 10.1. The summed E-state index contributed by atoms with van der Waals surface area (Å²) in [6.07, 6.45) is 0. The monoisotopic (exact) mass is 280 g/mol. The molecule has 2 aromatic carbocycles. The molecule has 5 heteroatoms. The number of benzene rings is 2. The molecule has 0 saturated carbocycles. The van der Waals surface area contributed by atoms with Crippen molar-refractivity contribution in [3.05, 3.63) is 70.8 Å². The van der Waals surface area contributed by atoms with E-state index in [-0.39, 0.29) is 23.6 Å². The molecule has 0 saturated heterocycles.